The highest BCUT2D eigenvalue weighted by molar-refractivity contribution is 5.79. The molecule has 1 fully saturated rings. The fraction of sp³-hybridized carbons (Fsp3) is 0.471. The summed E-state index contributed by atoms with van der Waals surface area (Å²) in [6.45, 7) is 5.57. The van der Waals surface area contributed by atoms with E-state index in [4.69, 9.17) is 4.74 Å². The number of carbonyl (C=O) groups excluding carboxylic acids is 1. The van der Waals surface area contributed by atoms with Crippen molar-refractivity contribution >= 4 is 5.91 Å². The molecular weight excluding hydrogens is 306 g/mol. The largest absolute Gasteiger partial charge is 0.379 e. The van der Waals surface area contributed by atoms with Crippen LogP contribution in [0.4, 0.5) is 0 Å². The van der Waals surface area contributed by atoms with E-state index in [9.17, 15) is 4.79 Å². The number of amides is 1. The fourth-order valence-electron chi connectivity index (χ4n) is 2.90. The molecule has 3 rings (SSSR count). The van der Waals surface area contributed by atoms with Crippen LogP contribution in [0.25, 0.3) is 0 Å². The number of benzene rings is 1. The first kappa shape index (κ1) is 16.6. The summed E-state index contributed by atoms with van der Waals surface area (Å²) < 4.78 is 7.01. The zero-order valence-corrected chi connectivity index (χ0v) is 13.8. The summed E-state index contributed by atoms with van der Waals surface area (Å²) in [5.74, 6) is -0.0605. The van der Waals surface area contributed by atoms with Crippen LogP contribution < -0.4 is 5.32 Å². The monoisotopic (exact) mass is 329 g/mol. The average molecular weight is 329 g/mol. The van der Waals surface area contributed by atoms with Crippen LogP contribution in [0, 0.1) is 0 Å². The van der Waals surface area contributed by atoms with Gasteiger partial charge in [-0.05, 0) is 12.5 Å². The van der Waals surface area contributed by atoms with E-state index in [1.807, 2.05) is 25.1 Å². The van der Waals surface area contributed by atoms with Crippen molar-refractivity contribution in [3.63, 3.8) is 0 Å². The first-order valence-electron chi connectivity index (χ1n) is 8.24. The second kappa shape index (κ2) is 8.03. The van der Waals surface area contributed by atoms with Gasteiger partial charge in [0.1, 0.15) is 18.7 Å². The van der Waals surface area contributed by atoms with Crippen LogP contribution in [0.5, 0.6) is 0 Å². The van der Waals surface area contributed by atoms with Crippen molar-refractivity contribution in [3.8, 4) is 0 Å². The first-order chi connectivity index (χ1) is 11.8. The zero-order chi connectivity index (χ0) is 16.8. The molecule has 1 saturated heterocycles. The van der Waals surface area contributed by atoms with Crippen LogP contribution in [0.3, 0.4) is 0 Å². The number of nitrogens with one attached hydrogen (secondary N) is 1. The van der Waals surface area contributed by atoms with E-state index in [0.29, 0.717) is 6.54 Å². The van der Waals surface area contributed by atoms with E-state index < -0.39 is 0 Å². The predicted octanol–water partition coefficient (Wildman–Crippen LogP) is 1.03. The standard InChI is InChI=1S/C17H23N5O2/c1-14(22-13-18-12-20-22)17(23)19-11-16(15-5-3-2-4-6-15)21-7-9-24-10-8-21/h2-6,12-14,16H,7-11H2,1H3,(H,19,23)/t14-,16-/m1/s1. The van der Waals surface area contributed by atoms with Gasteiger partial charge in [0.25, 0.3) is 0 Å². The molecule has 0 aliphatic carbocycles. The summed E-state index contributed by atoms with van der Waals surface area (Å²) in [7, 11) is 0. The predicted molar refractivity (Wildman–Crippen MR) is 89.3 cm³/mol. The van der Waals surface area contributed by atoms with Crippen molar-refractivity contribution in [1.29, 1.82) is 0 Å². The molecule has 1 aliphatic heterocycles. The topological polar surface area (TPSA) is 72.3 Å². The first-order valence-corrected chi connectivity index (χ1v) is 8.24. The molecule has 0 unspecified atom stereocenters. The Labute approximate surface area is 141 Å². The molecule has 7 nitrogen and oxygen atoms in total. The molecule has 0 bridgehead atoms. The normalized spacial score (nSPS) is 18.0. The van der Waals surface area contributed by atoms with Crippen molar-refractivity contribution in [2.24, 2.45) is 0 Å². The van der Waals surface area contributed by atoms with E-state index in [2.05, 4.69) is 32.4 Å². The molecule has 0 radical (unpaired) electrons. The van der Waals surface area contributed by atoms with Crippen LogP contribution in [-0.4, -0.2) is 58.4 Å². The zero-order valence-electron chi connectivity index (χ0n) is 13.8. The molecule has 2 heterocycles. The Morgan fingerprint density at radius 3 is 2.71 bits per heavy atom. The minimum absolute atomic E-state index is 0.0605. The minimum Gasteiger partial charge on any atom is -0.379 e. The van der Waals surface area contributed by atoms with Crippen molar-refractivity contribution in [2.75, 3.05) is 32.8 Å². The second-order valence-electron chi connectivity index (χ2n) is 5.87. The quantitative estimate of drug-likeness (QED) is 0.857. The molecule has 2 atom stereocenters. The summed E-state index contributed by atoms with van der Waals surface area (Å²) in [4.78, 5) is 18.7. The third kappa shape index (κ3) is 3.98. The van der Waals surface area contributed by atoms with E-state index in [1.165, 1.54) is 11.9 Å². The Balaban J connectivity index is 1.66. The molecule has 1 aliphatic rings. The molecule has 1 N–H and O–H groups in total. The van der Waals surface area contributed by atoms with Gasteiger partial charge < -0.3 is 10.1 Å². The van der Waals surface area contributed by atoms with Gasteiger partial charge >= 0.3 is 0 Å². The summed E-state index contributed by atoms with van der Waals surface area (Å²) >= 11 is 0. The number of aromatic nitrogens is 3. The number of hydrogen-bond donors (Lipinski definition) is 1. The van der Waals surface area contributed by atoms with Crippen molar-refractivity contribution in [1.82, 2.24) is 25.0 Å². The molecule has 1 aromatic heterocycles. The fourth-order valence-corrected chi connectivity index (χ4v) is 2.90. The van der Waals surface area contributed by atoms with E-state index in [-0.39, 0.29) is 18.0 Å². The van der Waals surface area contributed by atoms with Gasteiger partial charge in [-0.2, -0.15) is 5.10 Å². The lowest BCUT2D eigenvalue weighted by Gasteiger charge is -2.35. The van der Waals surface area contributed by atoms with E-state index >= 15 is 0 Å². The SMILES string of the molecule is C[C@H](C(=O)NC[C@H](c1ccccc1)N1CCOCC1)n1cncn1. The number of nitrogens with zero attached hydrogens (tertiary/aromatic N) is 4. The lowest BCUT2D eigenvalue weighted by Crippen LogP contribution is -2.44. The van der Waals surface area contributed by atoms with Gasteiger partial charge in [0, 0.05) is 19.6 Å². The highest BCUT2D eigenvalue weighted by Gasteiger charge is 2.24. The van der Waals surface area contributed by atoms with Crippen LogP contribution in [-0.2, 0) is 9.53 Å². The summed E-state index contributed by atoms with van der Waals surface area (Å²) in [5, 5.41) is 7.09. The van der Waals surface area contributed by atoms with Gasteiger partial charge in [-0.25, -0.2) is 9.67 Å². The van der Waals surface area contributed by atoms with Gasteiger partial charge in [-0.1, -0.05) is 30.3 Å². The smallest absolute Gasteiger partial charge is 0.244 e. The Kier molecular flexibility index (Phi) is 5.55. The Morgan fingerprint density at radius 1 is 1.29 bits per heavy atom. The van der Waals surface area contributed by atoms with Crippen LogP contribution in [0.15, 0.2) is 43.0 Å². The molecule has 1 aromatic carbocycles. The molecule has 0 saturated carbocycles. The van der Waals surface area contributed by atoms with E-state index in [1.54, 1.807) is 11.0 Å². The molecule has 2 aromatic rings. The number of hydrogen-bond acceptors (Lipinski definition) is 5. The van der Waals surface area contributed by atoms with Gasteiger partial charge in [0.15, 0.2) is 0 Å². The van der Waals surface area contributed by atoms with Crippen molar-refractivity contribution in [2.45, 2.75) is 19.0 Å². The number of carbonyl (C=O) groups is 1. The van der Waals surface area contributed by atoms with Crippen LogP contribution in [0.1, 0.15) is 24.6 Å². The number of ether oxygens (including phenoxy) is 1. The van der Waals surface area contributed by atoms with Gasteiger partial charge in [0.05, 0.1) is 19.3 Å². The number of rotatable bonds is 6. The third-order valence-electron chi connectivity index (χ3n) is 4.35. The Bertz CT molecular complexity index is 626. The van der Waals surface area contributed by atoms with Crippen molar-refractivity contribution in [3.05, 3.63) is 48.5 Å². The molecule has 7 heteroatoms. The Morgan fingerprint density at radius 2 is 2.04 bits per heavy atom. The molecule has 1 amide bonds. The highest BCUT2D eigenvalue weighted by Crippen LogP contribution is 2.21. The van der Waals surface area contributed by atoms with Crippen LogP contribution in [0.2, 0.25) is 0 Å². The van der Waals surface area contributed by atoms with Gasteiger partial charge in [-0.3, -0.25) is 9.69 Å². The van der Waals surface area contributed by atoms with Crippen molar-refractivity contribution < 1.29 is 9.53 Å². The second-order valence-corrected chi connectivity index (χ2v) is 5.87. The average Bonchev–Trinajstić information content (AvgIpc) is 3.17. The number of morpholine rings is 1. The van der Waals surface area contributed by atoms with Gasteiger partial charge in [-0.15, -0.1) is 0 Å². The maximum absolute atomic E-state index is 12.4. The summed E-state index contributed by atoms with van der Waals surface area (Å²) in [6.07, 6.45) is 2.99. The van der Waals surface area contributed by atoms with Gasteiger partial charge in [0.2, 0.25) is 5.91 Å². The Hall–Kier alpha value is -2.25. The maximum atomic E-state index is 12.4. The summed E-state index contributed by atoms with van der Waals surface area (Å²) in [5.41, 5.74) is 1.20. The highest BCUT2D eigenvalue weighted by atomic mass is 16.5. The molecule has 24 heavy (non-hydrogen) atoms. The lowest BCUT2D eigenvalue weighted by molar-refractivity contribution is -0.124. The summed E-state index contributed by atoms with van der Waals surface area (Å²) in [6, 6.07) is 10.0. The van der Waals surface area contributed by atoms with Crippen LogP contribution >= 0.6 is 0 Å². The molecule has 128 valence electrons. The third-order valence-corrected chi connectivity index (χ3v) is 4.35. The van der Waals surface area contributed by atoms with E-state index in [0.717, 1.165) is 26.3 Å². The molecule has 0 spiro atoms. The maximum Gasteiger partial charge on any atom is 0.244 e. The lowest BCUT2D eigenvalue weighted by atomic mass is 10.0. The molecular formula is C17H23N5O2. The minimum atomic E-state index is -0.381.